The topological polar surface area (TPSA) is 362 Å². The molecular weight excluding hydrogens is 1190 g/mol. The van der Waals surface area contributed by atoms with Crippen LogP contribution >= 0.6 is 0 Å². The molecule has 25 heteroatoms. The molecule has 6 amide bonds. The highest BCUT2D eigenvalue weighted by Crippen LogP contribution is 2.71. The smallest absolute Gasteiger partial charge is 0.243 e. The van der Waals surface area contributed by atoms with Crippen LogP contribution in [-0.2, 0) is 65.3 Å². The van der Waals surface area contributed by atoms with Crippen LogP contribution in [0, 0.1) is 11.8 Å². The van der Waals surface area contributed by atoms with Crippen molar-refractivity contribution in [2.75, 3.05) is 76.1 Å². The number of guanidine groups is 1. The van der Waals surface area contributed by atoms with Gasteiger partial charge in [0.05, 0.1) is 70.8 Å². The monoisotopic (exact) mass is 1270 g/mol. The Bertz CT molecular complexity index is 4200. The van der Waals surface area contributed by atoms with Crippen LogP contribution in [-0.4, -0.2) is 170 Å². The van der Waals surface area contributed by atoms with Crippen LogP contribution in [0.2, 0.25) is 0 Å². The zero-order valence-electron chi connectivity index (χ0n) is 51.5. The number of anilines is 2. The van der Waals surface area contributed by atoms with E-state index < -0.39 is 89.3 Å². The van der Waals surface area contributed by atoms with E-state index in [-0.39, 0.29) is 55.5 Å². The molecule has 0 radical (unpaired) electrons. The van der Waals surface area contributed by atoms with Crippen LogP contribution in [0.1, 0.15) is 115 Å². The molecule has 0 unspecified atom stereocenters. The number of piperidine rings is 2. The number of aromatic nitrogens is 2. The number of nitrogens with zero attached hydrogens (tertiary/aromatic N) is 3. The molecule has 2 saturated heterocycles. The molecular formula is C68H77N13O12. The van der Waals surface area contributed by atoms with Crippen LogP contribution < -0.4 is 52.4 Å². The van der Waals surface area contributed by atoms with Gasteiger partial charge in [-0.15, -0.1) is 0 Å². The zero-order chi connectivity index (χ0) is 63.9. The largest absolute Gasteiger partial charge is 0.504 e. The summed E-state index contributed by atoms with van der Waals surface area (Å²) in [6, 6.07) is 18.6. The minimum Gasteiger partial charge on any atom is -0.504 e. The molecule has 6 heterocycles. The summed E-state index contributed by atoms with van der Waals surface area (Å²) in [7, 11) is 0. The number of para-hydroxylation sites is 1. The number of phenolic OH excluding ortho intramolecular Hbond substituents is 2. The molecule has 93 heavy (non-hydrogen) atoms. The number of hydrogen-bond donors (Lipinski definition) is 14. The maximum absolute atomic E-state index is 13.3. The fourth-order valence-corrected chi connectivity index (χ4v) is 17.6. The Balaban J connectivity index is 0.447. The fourth-order valence-electron chi connectivity index (χ4n) is 17.6. The number of amides is 6. The number of benzene rings is 4. The van der Waals surface area contributed by atoms with Crippen LogP contribution in [0.3, 0.4) is 0 Å². The van der Waals surface area contributed by atoms with E-state index >= 15 is 0 Å². The van der Waals surface area contributed by atoms with E-state index in [1.54, 1.807) is 18.2 Å². The molecule has 4 aliphatic heterocycles. The molecule has 10 aliphatic rings. The lowest BCUT2D eigenvalue weighted by Gasteiger charge is -2.62. The third-order valence-corrected chi connectivity index (χ3v) is 22.2. The van der Waals surface area contributed by atoms with Crippen molar-refractivity contribution in [2.45, 2.75) is 130 Å². The lowest BCUT2D eigenvalue weighted by Crippen LogP contribution is -2.74. The number of phenols is 2. The van der Waals surface area contributed by atoms with Crippen molar-refractivity contribution < 1.29 is 58.7 Å². The van der Waals surface area contributed by atoms with Crippen molar-refractivity contribution >= 4 is 74.6 Å². The van der Waals surface area contributed by atoms with Crippen LogP contribution in [0.5, 0.6) is 23.0 Å². The molecule has 15 N–H and O–H groups in total. The van der Waals surface area contributed by atoms with Gasteiger partial charge in [0, 0.05) is 97.0 Å². The number of nitrogens with one attached hydrogen (secondary N) is 9. The highest BCUT2D eigenvalue weighted by atomic mass is 16.5. The highest BCUT2D eigenvalue weighted by molar-refractivity contribution is 6.04. The third kappa shape index (κ3) is 9.56. The Hall–Kier alpha value is -8.91. The van der Waals surface area contributed by atoms with Gasteiger partial charge in [-0.3, -0.25) is 43.6 Å². The molecule has 2 aromatic heterocycles. The first-order chi connectivity index (χ1) is 44.9. The first kappa shape index (κ1) is 59.1. The molecule has 16 rings (SSSR count). The van der Waals surface area contributed by atoms with E-state index in [9.17, 15) is 49.2 Å². The maximum atomic E-state index is 13.3. The van der Waals surface area contributed by atoms with Gasteiger partial charge in [0.1, 0.15) is 0 Å². The summed E-state index contributed by atoms with van der Waals surface area (Å²) in [6.45, 7) is 2.51. The van der Waals surface area contributed by atoms with E-state index in [1.165, 1.54) is 25.7 Å². The molecule has 2 saturated carbocycles. The summed E-state index contributed by atoms with van der Waals surface area (Å²) in [5, 5.41) is 69.0. The average molecular weight is 1270 g/mol. The summed E-state index contributed by atoms with van der Waals surface area (Å²) in [4.78, 5) is 92.8. The number of carbonyl (C=O) groups excluding carboxylic acids is 6. The number of hydrogen-bond acceptors (Lipinski definition) is 15. The second-order valence-corrected chi connectivity index (χ2v) is 27.6. The number of aliphatic imine (C=N–C) groups is 1. The van der Waals surface area contributed by atoms with Crippen LogP contribution in [0.25, 0.3) is 21.8 Å². The van der Waals surface area contributed by atoms with Gasteiger partial charge in [-0.25, -0.2) is 0 Å². The molecule has 4 fully saturated rings. The van der Waals surface area contributed by atoms with Gasteiger partial charge in [-0.2, -0.15) is 0 Å². The van der Waals surface area contributed by atoms with Crippen molar-refractivity contribution in [1.29, 1.82) is 0 Å². The summed E-state index contributed by atoms with van der Waals surface area (Å²) >= 11 is 0. The second-order valence-electron chi connectivity index (χ2n) is 27.6. The Morgan fingerprint density at radius 2 is 1.14 bits per heavy atom. The number of nitrogens with two attached hydrogens (primary N) is 1. The Morgan fingerprint density at radius 1 is 0.613 bits per heavy atom. The minimum absolute atomic E-state index is 0.0486. The van der Waals surface area contributed by atoms with E-state index in [2.05, 4.69) is 62.0 Å². The number of H-pyrrole nitrogens is 2. The minimum atomic E-state index is -1.18. The van der Waals surface area contributed by atoms with E-state index in [0.29, 0.717) is 85.3 Å². The standard InChI is InChI=1S/C68H77N13O12/c69-64(76-38-11-12-43-40(25-38)42-27-68(91)48-24-36-9-13-45(82)60-55(36)65(68,62(92-60)58(42)78-43)17-21-81(48)33-35-7-8-35)71-20-2-19-70-51(86)28-74-52(87)29-72-49(84)15-16-50(85)73-30-53(88)75-31-54(89)77-44-4-1-3-39-41-26-67(90)47-23-37-10-14-46(83)61-56(37)66(67,18-22-80(47)32-34-5-6-34)63(93-61)59(41)79-57(39)44/h1,3-4,9-14,25,34-35,47-48,62-63,78-79,82-83,90-91H,2,5-8,15-24,26-33H2,(H,70,86)(H,72,84)(H,73,85)(H,74,87)(H,75,88)(H,77,89)(H3,69,71,76)/t47-,48-,62+,63+,65+,66+,67-,68-/m1/s1. The molecule has 486 valence electrons. The first-order valence-electron chi connectivity index (χ1n) is 32.9. The average Bonchev–Trinajstić information content (AvgIpc) is 1.49. The molecule has 25 nitrogen and oxygen atoms in total. The van der Waals surface area contributed by atoms with Gasteiger partial charge in [-0.05, 0) is 141 Å². The van der Waals surface area contributed by atoms with Crippen molar-refractivity contribution in [3.05, 3.63) is 105 Å². The lowest BCUT2D eigenvalue weighted by atomic mass is 9.49. The van der Waals surface area contributed by atoms with E-state index in [0.717, 1.165) is 93.7 Å². The van der Waals surface area contributed by atoms with E-state index in [1.807, 2.05) is 42.5 Å². The molecule has 6 aliphatic carbocycles. The number of aromatic amines is 2. The van der Waals surface area contributed by atoms with Gasteiger partial charge < -0.3 is 82.8 Å². The third-order valence-electron chi connectivity index (χ3n) is 22.2. The normalized spacial score (nSPS) is 27.2. The summed E-state index contributed by atoms with van der Waals surface area (Å²) in [5.41, 5.74) is 13.0. The van der Waals surface area contributed by atoms with Crippen molar-refractivity contribution in [1.82, 2.24) is 46.4 Å². The van der Waals surface area contributed by atoms with Gasteiger partial charge in [0.2, 0.25) is 35.4 Å². The van der Waals surface area contributed by atoms with Gasteiger partial charge in [0.15, 0.2) is 41.2 Å². The summed E-state index contributed by atoms with van der Waals surface area (Å²) in [5.74, 6) is -0.878. The number of fused-ring (bicyclic) bond motifs is 8. The molecule has 6 aromatic rings. The number of carbonyl (C=O) groups is 6. The highest BCUT2D eigenvalue weighted by Gasteiger charge is 2.74. The lowest BCUT2D eigenvalue weighted by molar-refractivity contribution is -0.173. The number of likely N-dealkylation sites (tertiary alicyclic amines) is 2. The second kappa shape index (κ2) is 22.1. The van der Waals surface area contributed by atoms with Crippen molar-refractivity contribution in [3.63, 3.8) is 0 Å². The van der Waals surface area contributed by atoms with Gasteiger partial charge in [-0.1, -0.05) is 24.3 Å². The number of rotatable bonds is 21. The van der Waals surface area contributed by atoms with Crippen molar-refractivity contribution in [2.24, 2.45) is 22.6 Å². The number of ether oxygens (including phenoxy) is 2. The first-order valence-corrected chi connectivity index (χ1v) is 32.9. The quantitative estimate of drug-likeness (QED) is 0.0280. The van der Waals surface area contributed by atoms with Gasteiger partial charge in [0.25, 0.3) is 0 Å². The van der Waals surface area contributed by atoms with Crippen LogP contribution in [0.4, 0.5) is 11.4 Å². The summed E-state index contributed by atoms with van der Waals surface area (Å²) < 4.78 is 13.5. The number of aliphatic hydroxyl groups is 2. The van der Waals surface area contributed by atoms with Crippen LogP contribution in [0.15, 0.2) is 65.7 Å². The molecule has 2 spiro atoms. The van der Waals surface area contributed by atoms with Gasteiger partial charge >= 0.3 is 0 Å². The van der Waals surface area contributed by atoms with E-state index in [4.69, 9.17) is 15.2 Å². The Morgan fingerprint density at radius 3 is 1.71 bits per heavy atom. The SMILES string of the molecule is NC(=NCCCNC(=O)CNC(=O)CNC(=O)CCC(=O)NCC(=O)NCC(=O)Nc1cccc2c3c([nH]c12)[C@@H]1Oc2c(O)ccc4c2[C@@]12CCN(CC1CC1)[C@H](C4)[C@]2(O)C3)Nc1ccc2[nH]c3c(c2c1)C[C@@]1(O)[C@H]2Cc4ccc(O)c5c4[C@@]1(CCN2CC1CC1)[C@H]3O5. The predicted octanol–water partition coefficient (Wildman–Crippen LogP) is 2.58. The molecule has 8 atom stereocenters. The Kier molecular flexibility index (Phi) is 14.1. The molecule has 4 bridgehead atoms. The number of aromatic hydroxyl groups is 2. The van der Waals surface area contributed by atoms with Crippen molar-refractivity contribution in [3.8, 4) is 23.0 Å². The summed E-state index contributed by atoms with van der Waals surface area (Å²) in [6.07, 6.45) is 7.17. The predicted molar refractivity (Wildman–Crippen MR) is 341 cm³/mol. The maximum Gasteiger partial charge on any atom is 0.243 e. The Labute approximate surface area is 534 Å². The zero-order valence-corrected chi connectivity index (χ0v) is 51.5. The fraction of sp³-hybridized carbons (Fsp3) is 0.485. The molecule has 4 aromatic carbocycles.